The van der Waals surface area contributed by atoms with E-state index in [1.54, 1.807) is 18.2 Å². The van der Waals surface area contributed by atoms with Crippen molar-refractivity contribution in [2.75, 3.05) is 19.6 Å². The molecule has 0 atom stereocenters. The first kappa shape index (κ1) is 20.2. The predicted molar refractivity (Wildman–Crippen MR) is 102 cm³/mol. The molecule has 0 aliphatic carbocycles. The van der Waals surface area contributed by atoms with Crippen LogP contribution in [0.2, 0.25) is 5.02 Å². The molecule has 0 spiro atoms. The van der Waals surface area contributed by atoms with Gasteiger partial charge in [0.2, 0.25) is 20.0 Å². The quantitative estimate of drug-likeness (QED) is 0.758. The predicted octanol–water partition coefficient (Wildman–Crippen LogP) is 2.11. The molecule has 0 radical (unpaired) electrons. The van der Waals surface area contributed by atoms with Crippen molar-refractivity contribution in [2.24, 2.45) is 5.92 Å². The molecule has 3 rings (SSSR count). The van der Waals surface area contributed by atoms with Gasteiger partial charge in [0.05, 0.1) is 4.90 Å². The fraction of sp³-hybridized carbons (Fsp3) is 0.353. The maximum Gasteiger partial charge on any atom is 0.244 e. The van der Waals surface area contributed by atoms with Crippen LogP contribution in [0.4, 0.5) is 0 Å². The van der Waals surface area contributed by atoms with Gasteiger partial charge in [-0.05, 0) is 49.1 Å². The minimum Gasteiger partial charge on any atom is -0.263 e. The lowest BCUT2D eigenvalue weighted by Gasteiger charge is -2.31. The topological polar surface area (TPSA) is 96.4 Å². The van der Waals surface area contributed by atoms with Crippen LogP contribution in [0.1, 0.15) is 12.8 Å². The number of nitrogens with zero attached hydrogens (tertiary/aromatic N) is 2. The standard InChI is InChI=1S/C17H20ClN3O4S2/c18-15-3-1-4-16(11-15)26(22,23)20-12-14-6-9-21(10-7-14)27(24,25)17-5-2-8-19-13-17/h1-5,8,11,13-14,20H,6-7,9-10,12H2. The lowest BCUT2D eigenvalue weighted by atomic mass is 9.99. The second-order valence-corrected chi connectivity index (χ2v) is 10.5. The van der Waals surface area contributed by atoms with Gasteiger partial charge in [-0.1, -0.05) is 17.7 Å². The average Bonchev–Trinajstić information content (AvgIpc) is 2.67. The van der Waals surface area contributed by atoms with Gasteiger partial charge in [0.15, 0.2) is 0 Å². The molecule has 1 N–H and O–H groups in total. The van der Waals surface area contributed by atoms with Crippen LogP contribution in [0.5, 0.6) is 0 Å². The van der Waals surface area contributed by atoms with Crippen LogP contribution < -0.4 is 4.72 Å². The smallest absolute Gasteiger partial charge is 0.244 e. The Hall–Kier alpha value is -1.52. The number of pyridine rings is 1. The molecule has 2 aromatic rings. The minimum atomic E-state index is -3.64. The van der Waals surface area contributed by atoms with Gasteiger partial charge in [0, 0.05) is 37.1 Å². The number of aromatic nitrogens is 1. The molecule has 0 saturated carbocycles. The van der Waals surface area contributed by atoms with E-state index in [9.17, 15) is 16.8 Å². The summed E-state index contributed by atoms with van der Waals surface area (Å²) in [6.07, 6.45) is 4.02. The molecule has 1 aliphatic rings. The van der Waals surface area contributed by atoms with Gasteiger partial charge in [0.25, 0.3) is 0 Å². The Kier molecular flexibility index (Phi) is 6.17. The lowest BCUT2D eigenvalue weighted by Crippen LogP contribution is -2.41. The molecule has 1 aromatic carbocycles. The number of piperidine rings is 1. The van der Waals surface area contributed by atoms with Crippen LogP contribution >= 0.6 is 11.6 Å². The van der Waals surface area contributed by atoms with Crippen LogP contribution in [-0.2, 0) is 20.0 Å². The molecule has 1 aromatic heterocycles. The highest BCUT2D eigenvalue weighted by Crippen LogP contribution is 2.23. The zero-order chi connectivity index (χ0) is 19.5. The molecule has 146 valence electrons. The number of rotatable bonds is 6. The van der Waals surface area contributed by atoms with E-state index < -0.39 is 20.0 Å². The van der Waals surface area contributed by atoms with Crippen molar-refractivity contribution in [1.82, 2.24) is 14.0 Å². The van der Waals surface area contributed by atoms with Crippen LogP contribution in [-0.4, -0.2) is 45.8 Å². The van der Waals surface area contributed by atoms with Crippen LogP contribution in [0.15, 0.2) is 58.6 Å². The van der Waals surface area contributed by atoms with Crippen molar-refractivity contribution < 1.29 is 16.8 Å². The first-order valence-electron chi connectivity index (χ1n) is 8.44. The first-order chi connectivity index (χ1) is 12.8. The summed E-state index contributed by atoms with van der Waals surface area (Å²) in [5.41, 5.74) is 0. The zero-order valence-electron chi connectivity index (χ0n) is 14.5. The van der Waals surface area contributed by atoms with E-state index in [-0.39, 0.29) is 22.3 Å². The van der Waals surface area contributed by atoms with Gasteiger partial charge in [-0.2, -0.15) is 4.31 Å². The highest BCUT2D eigenvalue weighted by Gasteiger charge is 2.30. The van der Waals surface area contributed by atoms with E-state index >= 15 is 0 Å². The van der Waals surface area contributed by atoms with E-state index in [4.69, 9.17) is 11.6 Å². The lowest BCUT2D eigenvalue weighted by molar-refractivity contribution is 0.274. The molecule has 1 aliphatic heterocycles. The van der Waals surface area contributed by atoms with Crippen molar-refractivity contribution in [3.05, 3.63) is 53.8 Å². The van der Waals surface area contributed by atoms with E-state index in [1.807, 2.05) is 0 Å². The maximum absolute atomic E-state index is 12.6. The summed E-state index contributed by atoms with van der Waals surface area (Å²) >= 11 is 5.85. The fourth-order valence-corrected chi connectivity index (χ4v) is 5.80. The molecule has 2 heterocycles. The number of hydrogen-bond donors (Lipinski definition) is 1. The number of benzene rings is 1. The first-order valence-corrected chi connectivity index (χ1v) is 11.7. The number of sulfonamides is 2. The summed E-state index contributed by atoms with van der Waals surface area (Å²) in [6, 6.07) is 9.18. The molecule has 0 bridgehead atoms. The summed E-state index contributed by atoms with van der Waals surface area (Å²) < 4.78 is 53.9. The molecule has 7 nitrogen and oxygen atoms in total. The van der Waals surface area contributed by atoms with Crippen LogP contribution in [0, 0.1) is 5.92 Å². The van der Waals surface area contributed by atoms with Gasteiger partial charge in [-0.3, -0.25) is 4.98 Å². The highest BCUT2D eigenvalue weighted by atomic mass is 35.5. The maximum atomic E-state index is 12.6. The summed E-state index contributed by atoms with van der Waals surface area (Å²) in [5, 5.41) is 0.354. The fourth-order valence-electron chi connectivity index (χ4n) is 2.95. The third kappa shape index (κ3) is 4.85. The average molecular weight is 430 g/mol. The number of halogens is 1. The van der Waals surface area contributed by atoms with E-state index in [2.05, 4.69) is 9.71 Å². The summed E-state index contributed by atoms with van der Waals surface area (Å²) in [4.78, 5) is 4.15. The van der Waals surface area contributed by atoms with Crippen LogP contribution in [0.25, 0.3) is 0 Å². The molecule has 1 fully saturated rings. The van der Waals surface area contributed by atoms with Crippen molar-refractivity contribution in [2.45, 2.75) is 22.6 Å². The SMILES string of the molecule is O=S(=O)(NCC1CCN(S(=O)(=O)c2cccnc2)CC1)c1cccc(Cl)c1. The van der Waals surface area contributed by atoms with Gasteiger partial charge >= 0.3 is 0 Å². The monoisotopic (exact) mass is 429 g/mol. The second-order valence-electron chi connectivity index (χ2n) is 6.35. The van der Waals surface area contributed by atoms with Crippen LogP contribution in [0.3, 0.4) is 0 Å². The number of nitrogens with one attached hydrogen (secondary N) is 1. The molecule has 0 amide bonds. The van der Waals surface area contributed by atoms with Gasteiger partial charge in [-0.25, -0.2) is 21.6 Å². The normalized spacial score (nSPS) is 17.1. The van der Waals surface area contributed by atoms with E-state index in [0.717, 1.165) is 0 Å². The van der Waals surface area contributed by atoms with Gasteiger partial charge in [0.1, 0.15) is 4.90 Å². The zero-order valence-corrected chi connectivity index (χ0v) is 16.8. The van der Waals surface area contributed by atoms with Crippen molar-refractivity contribution in [3.63, 3.8) is 0 Å². The van der Waals surface area contributed by atoms with Crippen molar-refractivity contribution in [1.29, 1.82) is 0 Å². The Morgan fingerprint density at radius 1 is 1.07 bits per heavy atom. The Balaban J connectivity index is 1.57. The summed E-state index contributed by atoms with van der Waals surface area (Å²) in [7, 11) is -7.20. The third-order valence-electron chi connectivity index (χ3n) is 4.51. The number of hydrogen-bond acceptors (Lipinski definition) is 5. The molecule has 10 heteroatoms. The summed E-state index contributed by atoms with van der Waals surface area (Å²) in [6.45, 7) is 0.956. The minimum absolute atomic E-state index is 0.0688. The Bertz CT molecular complexity index is 990. The summed E-state index contributed by atoms with van der Waals surface area (Å²) in [5.74, 6) is 0.0688. The molecular formula is C17H20ClN3O4S2. The Labute approximate surface area is 164 Å². The van der Waals surface area contributed by atoms with Crippen molar-refractivity contribution >= 4 is 31.6 Å². The highest BCUT2D eigenvalue weighted by molar-refractivity contribution is 7.89. The van der Waals surface area contributed by atoms with E-state index in [0.29, 0.717) is 31.0 Å². The van der Waals surface area contributed by atoms with E-state index in [1.165, 1.54) is 34.9 Å². The second kappa shape index (κ2) is 8.24. The van der Waals surface area contributed by atoms with Crippen molar-refractivity contribution in [3.8, 4) is 0 Å². The van der Waals surface area contributed by atoms with Gasteiger partial charge in [-0.15, -0.1) is 0 Å². The molecule has 0 unspecified atom stereocenters. The molecular weight excluding hydrogens is 410 g/mol. The largest absolute Gasteiger partial charge is 0.263 e. The van der Waals surface area contributed by atoms with Gasteiger partial charge < -0.3 is 0 Å². The Morgan fingerprint density at radius 3 is 2.41 bits per heavy atom. The Morgan fingerprint density at radius 2 is 1.78 bits per heavy atom. The third-order valence-corrected chi connectivity index (χ3v) is 8.05. The molecule has 27 heavy (non-hydrogen) atoms. The molecule has 1 saturated heterocycles.